The molecule has 0 N–H and O–H groups in total. The van der Waals surface area contributed by atoms with Crippen LogP contribution in [0.25, 0.3) is 5.69 Å². The Morgan fingerprint density at radius 3 is 2.62 bits per heavy atom. The number of non-ortho nitro benzene ring substituents is 1. The molecule has 1 fully saturated rings. The lowest BCUT2D eigenvalue weighted by Crippen LogP contribution is -2.25. The van der Waals surface area contributed by atoms with Crippen LogP contribution < -0.4 is 4.90 Å². The Kier molecular flexibility index (Phi) is 4.99. The number of nitrogens with zero attached hydrogens (tertiary/aromatic N) is 4. The van der Waals surface area contributed by atoms with Gasteiger partial charge in [0.1, 0.15) is 6.10 Å². The number of hydrogen-bond acceptors (Lipinski definition) is 6. The molecular formula is C21H20N4O4. The van der Waals surface area contributed by atoms with Crippen LogP contribution in [0.4, 0.5) is 11.4 Å². The Morgan fingerprint density at radius 1 is 1.21 bits per heavy atom. The van der Waals surface area contributed by atoms with Crippen LogP contribution in [0, 0.1) is 17.0 Å². The molecule has 2 aromatic carbocycles. The molecule has 8 heteroatoms. The minimum Gasteiger partial charge on any atom is -0.457 e. The van der Waals surface area contributed by atoms with Gasteiger partial charge in [-0.25, -0.2) is 9.78 Å². The van der Waals surface area contributed by atoms with Gasteiger partial charge in [-0.2, -0.15) is 0 Å². The van der Waals surface area contributed by atoms with Gasteiger partial charge in [0, 0.05) is 48.9 Å². The molecular weight excluding hydrogens is 372 g/mol. The highest BCUT2D eigenvalue weighted by atomic mass is 16.6. The van der Waals surface area contributed by atoms with E-state index in [0.29, 0.717) is 12.1 Å². The maximum atomic E-state index is 12.6. The molecule has 1 aliphatic rings. The monoisotopic (exact) mass is 392 g/mol. The van der Waals surface area contributed by atoms with Crippen LogP contribution in [-0.4, -0.2) is 39.6 Å². The van der Waals surface area contributed by atoms with E-state index in [4.69, 9.17) is 4.74 Å². The zero-order valence-electron chi connectivity index (χ0n) is 15.9. The van der Waals surface area contributed by atoms with Gasteiger partial charge < -0.3 is 14.2 Å². The predicted molar refractivity (Wildman–Crippen MR) is 107 cm³/mol. The molecule has 1 aromatic heterocycles. The van der Waals surface area contributed by atoms with Crippen molar-refractivity contribution in [3.8, 4) is 5.69 Å². The first-order chi connectivity index (χ1) is 14.0. The summed E-state index contributed by atoms with van der Waals surface area (Å²) >= 11 is 0. The highest BCUT2D eigenvalue weighted by Gasteiger charge is 2.27. The van der Waals surface area contributed by atoms with E-state index in [1.165, 1.54) is 12.1 Å². The number of carbonyl (C=O) groups is 1. The molecule has 0 unspecified atom stereocenters. The van der Waals surface area contributed by atoms with E-state index >= 15 is 0 Å². The molecule has 0 amide bonds. The number of aryl methyl sites for hydroxylation is 1. The summed E-state index contributed by atoms with van der Waals surface area (Å²) in [6, 6.07) is 12.0. The molecule has 0 bridgehead atoms. The number of carbonyl (C=O) groups excluding carboxylic acids is 1. The summed E-state index contributed by atoms with van der Waals surface area (Å²) in [4.78, 5) is 29.1. The average molecular weight is 392 g/mol. The summed E-state index contributed by atoms with van der Waals surface area (Å²) < 4.78 is 7.59. The van der Waals surface area contributed by atoms with Crippen LogP contribution in [0.15, 0.2) is 61.2 Å². The Morgan fingerprint density at radius 2 is 1.97 bits per heavy atom. The number of hydrogen-bond donors (Lipinski definition) is 0. The highest BCUT2D eigenvalue weighted by molar-refractivity contribution is 5.91. The molecule has 1 saturated heterocycles. The molecule has 2 heterocycles. The molecule has 148 valence electrons. The summed E-state index contributed by atoms with van der Waals surface area (Å²) in [5.74, 6) is -0.338. The third-order valence-electron chi connectivity index (χ3n) is 5.08. The average Bonchev–Trinajstić information content (AvgIpc) is 3.40. The number of esters is 1. The van der Waals surface area contributed by atoms with Crippen molar-refractivity contribution in [2.24, 2.45) is 0 Å². The van der Waals surface area contributed by atoms with Crippen LogP contribution in [0.1, 0.15) is 22.3 Å². The van der Waals surface area contributed by atoms with E-state index in [-0.39, 0.29) is 17.8 Å². The van der Waals surface area contributed by atoms with Gasteiger partial charge in [0.2, 0.25) is 0 Å². The zero-order chi connectivity index (χ0) is 20.4. The van der Waals surface area contributed by atoms with E-state index in [9.17, 15) is 14.9 Å². The molecule has 1 aliphatic heterocycles. The van der Waals surface area contributed by atoms with E-state index in [0.717, 1.165) is 29.9 Å². The maximum absolute atomic E-state index is 12.6. The van der Waals surface area contributed by atoms with Gasteiger partial charge >= 0.3 is 5.97 Å². The zero-order valence-corrected chi connectivity index (χ0v) is 15.9. The summed E-state index contributed by atoms with van der Waals surface area (Å²) in [7, 11) is 0. The van der Waals surface area contributed by atoms with Gasteiger partial charge in [0.15, 0.2) is 0 Å². The van der Waals surface area contributed by atoms with Crippen molar-refractivity contribution >= 4 is 17.3 Å². The summed E-state index contributed by atoms with van der Waals surface area (Å²) in [6.45, 7) is 3.18. The fourth-order valence-corrected chi connectivity index (χ4v) is 3.51. The van der Waals surface area contributed by atoms with Crippen LogP contribution >= 0.6 is 0 Å². The summed E-state index contributed by atoms with van der Waals surface area (Å²) in [6.07, 6.45) is 5.75. The van der Waals surface area contributed by atoms with Gasteiger partial charge in [-0.1, -0.05) is 0 Å². The second-order valence-corrected chi connectivity index (χ2v) is 7.00. The molecule has 4 rings (SSSR count). The first-order valence-electron chi connectivity index (χ1n) is 9.30. The standard InChI is InChI=1S/C21H20N4O4/c1-15-12-18(24-11-9-22-14-24)6-7-20(15)21(26)29-19-8-10-23(13-19)16-2-4-17(5-3-16)25(27)28/h2-7,9,11-12,14,19H,8,10,13H2,1H3/t19-/m0/s1. The number of rotatable bonds is 5. The van der Waals surface area contributed by atoms with Gasteiger partial charge in [-0.3, -0.25) is 10.1 Å². The Balaban J connectivity index is 1.40. The number of aromatic nitrogens is 2. The normalized spacial score (nSPS) is 16.0. The lowest BCUT2D eigenvalue weighted by atomic mass is 10.1. The third-order valence-corrected chi connectivity index (χ3v) is 5.08. The SMILES string of the molecule is Cc1cc(-n2ccnc2)ccc1C(=O)O[C@H]1CCN(c2ccc([N+](=O)[O-])cc2)C1. The van der Waals surface area contributed by atoms with Crippen LogP contribution in [0.2, 0.25) is 0 Å². The van der Waals surface area contributed by atoms with Crippen LogP contribution in [0.5, 0.6) is 0 Å². The van der Waals surface area contributed by atoms with Gasteiger partial charge in [0.05, 0.1) is 23.4 Å². The number of nitro groups is 1. The second kappa shape index (κ2) is 7.75. The van der Waals surface area contributed by atoms with Crippen molar-refractivity contribution in [1.82, 2.24) is 9.55 Å². The van der Waals surface area contributed by atoms with E-state index in [2.05, 4.69) is 9.88 Å². The highest BCUT2D eigenvalue weighted by Crippen LogP contribution is 2.25. The van der Waals surface area contributed by atoms with Crippen molar-refractivity contribution in [3.05, 3.63) is 82.4 Å². The van der Waals surface area contributed by atoms with Gasteiger partial charge in [-0.15, -0.1) is 0 Å². The minimum atomic E-state index is -0.418. The van der Waals surface area contributed by atoms with Gasteiger partial charge in [-0.05, 0) is 42.8 Å². The van der Waals surface area contributed by atoms with E-state index in [1.54, 1.807) is 30.7 Å². The number of ether oxygens (including phenoxy) is 1. The number of benzene rings is 2. The maximum Gasteiger partial charge on any atom is 0.338 e. The second-order valence-electron chi connectivity index (χ2n) is 7.00. The quantitative estimate of drug-likeness (QED) is 0.375. The van der Waals surface area contributed by atoms with Crippen molar-refractivity contribution in [1.29, 1.82) is 0 Å². The predicted octanol–water partition coefficient (Wildman–Crippen LogP) is 3.52. The van der Waals surface area contributed by atoms with Crippen molar-refractivity contribution < 1.29 is 14.5 Å². The Hall–Kier alpha value is -3.68. The molecule has 29 heavy (non-hydrogen) atoms. The molecule has 8 nitrogen and oxygen atoms in total. The molecule has 0 aliphatic carbocycles. The van der Waals surface area contributed by atoms with Crippen molar-refractivity contribution in [2.75, 3.05) is 18.0 Å². The fraction of sp³-hybridized carbons (Fsp3) is 0.238. The van der Waals surface area contributed by atoms with Crippen LogP contribution in [-0.2, 0) is 4.74 Å². The number of nitro benzene ring substituents is 1. The molecule has 0 radical (unpaired) electrons. The Bertz CT molecular complexity index is 1030. The smallest absolute Gasteiger partial charge is 0.338 e. The van der Waals surface area contributed by atoms with Crippen LogP contribution in [0.3, 0.4) is 0 Å². The Labute approximate surface area is 167 Å². The van der Waals surface area contributed by atoms with E-state index in [1.807, 2.05) is 29.8 Å². The lowest BCUT2D eigenvalue weighted by molar-refractivity contribution is -0.384. The van der Waals surface area contributed by atoms with Crippen molar-refractivity contribution in [2.45, 2.75) is 19.4 Å². The topological polar surface area (TPSA) is 90.5 Å². The van der Waals surface area contributed by atoms with Gasteiger partial charge in [0.25, 0.3) is 5.69 Å². The first kappa shape index (κ1) is 18.7. The largest absolute Gasteiger partial charge is 0.457 e. The number of anilines is 1. The molecule has 0 spiro atoms. The fourth-order valence-electron chi connectivity index (χ4n) is 3.51. The number of imidazole rings is 1. The third kappa shape index (κ3) is 3.96. The lowest BCUT2D eigenvalue weighted by Gasteiger charge is -2.18. The first-order valence-corrected chi connectivity index (χ1v) is 9.30. The van der Waals surface area contributed by atoms with E-state index < -0.39 is 4.92 Å². The minimum absolute atomic E-state index is 0.0607. The summed E-state index contributed by atoms with van der Waals surface area (Å²) in [5.41, 5.74) is 3.26. The molecule has 1 atom stereocenters. The molecule has 3 aromatic rings. The molecule has 0 saturated carbocycles. The summed E-state index contributed by atoms with van der Waals surface area (Å²) in [5, 5.41) is 10.8. The van der Waals surface area contributed by atoms with Crippen molar-refractivity contribution in [3.63, 3.8) is 0 Å².